The molecule has 1 aromatic rings. The van der Waals surface area contributed by atoms with Gasteiger partial charge in [0.2, 0.25) is 0 Å². The van der Waals surface area contributed by atoms with Crippen LogP contribution in [0.2, 0.25) is 0 Å². The van der Waals surface area contributed by atoms with Crippen LogP contribution in [0.5, 0.6) is 0 Å². The van der Waals surface area contributed by atoms with Crippen molar-refractivity contribution in [2.45, 2.75) is 19.3 Å². The maximum absolute atomic E-state index is 13.5. The van der Waals surface area contributed by atoms with Gasteiger partial charge in [0.05, 0.1) is 0 Å². The molecule has 82 valence electrons. The Morgan fingerprint density at radius 1 is 1.33 bits per heavy atom. The molecule has 0 aliphatic heterocycles. The lowest BCUT2D eigenvalue weighted by molar-refractivity contribution is 0.182. The molecule has 1 aliphatic rings. The summed E-state index contributed by atoms with van der Waals surface area (Å²) >= 11 is 3.26. The SMILES string of the molecule is NCC1CCC1Cc1ccc(Br)cc1F. The van der Waals surface area contributed by atoms with Crippen molar-refractivity contribution in [1.29, 1.82) is 0 Å². The van der Waals surface area contributed by atoms with Gasteiger partial charge in [-0.3, -0.25) is 0 Å². The second-order valence-corrected chi connectivity index (χ2v) is 5.19. The molecule has 2 unspecified atom stereocenters. The number of rotatable bonds is 3. The van der Waals surface area contributed by atoms with E-state index in [0.717, 1.165) is 23.0 Å². The molecule has 1 nitrogen and oxygen atoms in total. The van der Waals surface area contributed by atoms with Crippen molar-refractivity contribution in [3.8, 4) is 0 Å². The van der Waals surface area contributed by atoms with Gasteiger partial charge in [0, 0.05) is 4.47 Å². The fourth-order valence-corrected chi connectivity index (χ4v) is 2.52. The molecule has 3 heteroatoms. The Bertz CT molecular complexity index is 351. The normalized spacial score (nSPS) is 25.0. The topological polar surface area (TPSA) is 26.0 Å². The molecule has 0 radical (unpaired) electrons. The highest BCUT2D eigenvalue weighted by Crippen LogP contribution is 2.36. The maximum atomic E-state index is 13.5. The third-order valence-electron chi connectivity index (χ3n) is 3.37. The molecule has 0 saturated heterocycles. The highest BCUT2D eigenvalue weighted by molar-refractivity contribution is 9.10. The molecular weight excluding hydrogens is 257 g/mol. The van der Waals surface area contributed by atoms with Crippen molar-refractivity contribution in [3.63, 3.8) is 0 Å². The van der Waals surface area contributed by atoms with Crippen LogP contribution < -0.4 is 5.73 Å². The highest BCUT2D eigenvalue weighted by Gasteiger charge is 2.29. The van der Waals surface area contributed by atoms with Crippen LogP contribution >= 0.6 is 15.9 Å². The molecule has 1 fully saturated rings. The van der Waals surface area contributed by atoms with Crippen LogP contribution in [0.3, 0.4) is 0 Å². The Morgan fingerprint density at radius 2 is 2.07 bits per heavy atom. The number of hydrogen-bond donors (Lipinski definition) is 1. The van der Waals surface area contributed by atoms with E-state index >= 15 is 0 Å². The molecule has 2 rings (SSSR count). The lowest BCUT2D eigenvalue weighted by Crippen LogP contribution is -2.33. The first kappa shape index (κ1) is 11.1. The van der Waals surface area contributed by atoms with E-state index in [1.165, 1.54) is 18.9 Å². The standard InChI is InChI=1S/C12H15BrFN/c13-11-4-3-9(12(14)6-11)5-8-1-2-10(8)7-15/h3-4,6,8,10H,1-2,5,7,15H2. The van der Waals surface area contributed by atoms with Gasteiger partial charge in [-0.05, 0) is 55.3 Å². The molecule has 1 aliphatic carbocycles. The van der Waals surface area contributed by atoms with Crippen LogP contribution in [0.25, 0.3) is 0 Å². The first-order valence-electron chi connectivity index (χ1n) is 5.34. The van der Waals surface area contributed by atoms with Gasteiger partial charge in [0.15, 0.2) is 0 Å². The van der Waals surface area contributed by atoms with E-state index < -0.39 is 0 Å². The molecular formula is C12H15BrFN. The zero-order valence-corrected chi connectivity index (χ0v) is 10.1. The molecule has 1 saturated carbocycles. The summed E-state index contributed by atoms with van der Waals surface area (Å²) in [6.45, 7) is 0.739. The Hall–Kier alpha value is -0.410. The van der Waals surface area contributed by atoms with Crippen LogP contribution in [0.4, 0.5) is 4.39 Å². The number of nitrogens with two attached hydrogens (primary N) is 1. The molecule has 0 aromatic heterocycles. The molecule has 2 N–H and O–H groups in total. The number of halogens is 2. The monoisotopic (exact) mass is 271 g/mol. The number of benzene rings is 1. The van der Waals surface area contributed by atoms with Gasteiger partial charge in [0.25, 0.3) is 0 Å². The molecule has 0 spiro atoms. The van der Waals surface area contributed by atoms with E-state index in [-0.39, 0.29) is 5.82 Å². The van der Waals surface area contributed by atoms with E-state index in [9.17, 15) is 4.39 Å². The number of hydrogen-bond acceptors (Lipinski definition) is 1. The van der Waals surface area contributed by atoms with E-state index in [1.807, 2.05) is 12.1 Å². The summed E-state index contributed by atoms with van der Waals surface area (Å²) < 4.78 is 14.3. The van der Waals surface area contributed by atoms with Crippen LogP contribution in [-0.4, -0.2) is 6.54 Å². The first-order chi connectivity index (χ1) is 7.20. The summed E-state index contributed by atoms with van der Waals surface area (Å²) in [6.07, 6.45) is 3.23. The van der Waals surface area contributed by atoms with Crippen molar-refractivity contribution < 1.29 is 4.39 Å². The smallest absolute Gasteiger partial charge is 0.127 e. The van der Waals surface area contributed by atoms with E-state index in [4.69, 9.17) is 5.73 Å². The van der Waals surface area contributed by atoms with Crippen LogP contribution in [0.15, 0.2) is 22.7 Å². The van der Waals surface area contributed by atoms with Crippen molar-refractivity contribution in [3.05, 3.63) is 34.1 Å². The summed E-state index contributed by atoms with van der Waals surface area (Å²) in [6, 6.07) is 5.30. The van der Waals surface area contributed by atoms with Gasteiger partial charge in [-0.1, -0.05) is 22.0 Å². The second-order valence-electron chi connectivity index (χ2n) is 4.27. The van der Waals surface area contributed by atoms with Gasteiger partial charge in [-0.25, -0.2) is 4.39 Å². The van der Waals surface area contributed by atoms with Crippen LogP contribution in [0, 0.1) is 17.7 Å². The third-order valence-corrected chi connectivity index (χ3v) is 3.87. The summed E-state index contributed by atoms with van der Waals surface area (Å²) in [4.78, 5) is 0. The first-order valence-corrected chi connectivity index (χ1v) is 6.14. The Morgan fingerprint density at radius 3 is 2.60 bits per heavy atom. The lowest BCUT2D eigenvalue weighted by atomic mass is 9.71. The van der Waals surface area contributed by atoms with Gasteiger partial charge < -0.3 is 5.73 Å². The zero-order valence-electron chi connectivity index (χ0n) is 8.55. The Kier molecular flexibility index (Phi) is 3.42. The lowest BCUT2D eigenvalue weighted by Gasteiger charge is -2.36. The van der Waals surface area contributed by atoms with E-state index in [2.05, 4.69) is 15.9 Å². The molecule has 15 heavy (non-hydrogen) atoms. The highest BCUT2D eigenvalue weighted by atomic mass is 79.9. The molecule has 0 bridgehead atoms. The zero-order chi connectivity index (χ0) is 10.8. The minimum absolute atomic E-state index is 0.105. The molecule has 1 aromatic carbocycles. The van der Waals surface area contributed by atoms with Crippen molar-refractivity contribution in [2.24, 2.45) is 17.6 Å². The summed E-state index contributed by atoms with van der Waals surface area (Å²) in [7, 11) is 0. The Labute approximate surface area is 98.0 Å². The van der Waals surface area contributed by atoms with Gasteiger partial charge in [-0.2, -0.15) is 0 Å². The average Bonchev–Trinajstić information content (AvgIpc) is 2.15. The quantitative estimate of drug-likeness (QED) is 0.898. The van der Waals surface area contributed by atoms with Gasteiger partial charge in [-0.15, -0.1) is 0 Å². The van der Waals surface area contributed by atoms with Gasteiger partial charge >= 0.3 is 0 Å². The minimum Gasteiger partial charge on any atom is -0.330 e. The fraction of sp³-hybridized carbons (Fsp3) is 0.500. The predicted octanol–water partition coefficient (Wildman–Crippen LogP) is 3.12. The minimum atomic E-state index is -0.105. The van der Waals surface area contributed by atoms with Gasteiger partial charge in [0.1, 0.15) is 5.82 Å². The second kappa shape index (κ2) is 4.62. The van der Waals surface area contributed by atoms with E-state index in [1.54, 1.807) is 0 Å². The summed E-state index contributed by atoms with van der Waals surface area (Å²) in [5.41, 5.74) is 6.46. The predicted molar refractivity (Wildman–Crippen MR) is 63.1 cm³/mol. The third kappa shape index (κ3) is 2.40. The average molecular weight is 272 g/mol. The van der Waals surface area contributed by atoms with Crippen molar-refractivity contribution in [1.82, 2.24) is 0 Å². The molecule has 2 atom stereocenters. The summed E-state index contributed by atoms with van der Waals surface area (Å²) in [5.74, 6) is 1.09. The largest absolute Gasteiger partial charge is 0.330 e. The Balaban J connectivity index is 2.04. The van der Waals surface area contributed by atoms with Crippen molar-refractivity contribution in [2.75, 3.05) is 6.54 Å². The van der Waals surface area contributed by atoms with Crippen LogP contribution in [0.1, 0.15) is 18.4 Å². The summed E-state index contributed by atoms with van der Waals surface area (Å²) in [5, 5.41) is 0. The maximum Gasteiger partial charge on any atom is 0.127 e. The van der Waals surface area contributed by atoms with E-state index in [0.29, 0.717) is 11.8 Å². The van der Waals surface area contributed by atoms with Crippen LogP contribution in [-0.2, 0) is 6.42 Å². The fourth-order valence-electron chi connectivity index (χ4n) is 2.19. The molecule has 0 heterocycles. The van der Waals surface area contributed by atoms with Crippen molar-refractivity contribution >= 4 is 15.9 Å². The molecule has 0 amide bonds.